The molecule has 5 heteroatoms. The molecule has 0 spiro atoms. The fraction of sp³-hybridized carbons (Fsp3) is 0.222. The highest BCUT2D eigenvalue weighted by atomic mass is 35.5. The molecule has 1 aromatic heterocycles. The summed E-state index contributed by atoms with van der Waals surface area (Å²) in [4.78, 5) is 12.0. The van der Waals surface area contributed by atoms with Gasteiger partial charge in [0.2, 0.25) is 0 Å². The highest BCUT2D eigenvalue weighted by Gasteiger charge is 2.17. The Bertz CT molecular complexity index is 785. The number of fused-ring (bicyclic) bond motifs is 1. The molecule has 0 saturated carbocycles. The predicted molar refractivity (Wildman–Crippen MR) is 97.3 cm³/mol. The van der Waals surface area contributed by atoms with Crippen LogP contribution in [-0.4, -0.2) is 36.1 Å². The van der Waals surface area contributed by atoms with Gasteiger partial charge in [-0.3, -0.25) is 0 Å². The molecule has 2 heterocycles. The Labute approximate surface area is 142 Å². The Morgan fingerprint density at radius 3 is 2.30 bits per heavy atom. The van der Waals surface area contributed by atoms with E-state index >= 15 is 0 Å². The highest BCUT2D eigenvalue weighted by Crippen LogP contribution is 2.27. The van der Waals surface area contributed by atoms with Crippen LogP contribution < -0.4 is 10.2 Å². The Kier molecular flexibility index (Phi) is 4.74. The van der Waals surface area contributed by atoms with Crippen LogP contribution in [0, 0.1) is 0 Å². The van der Waals surface area contributed by atoms with Crippen LogP contribution in [0.5, 0.6) is 0 Å². The molecule has 1 aliphatic rings. The van der Waals surface area contributed by atoms with E-state index in [0.717, 1.165) is 54.3 Å². The smallest absolute Gasteiger partial charge is 0.162 e. The van der Waals surface area contributed by atoms with E-state index in [1.54, 1.807) is 0 Å². The van der Waals surface area contributed by atoms with Crippen LogP contribution >= 0.6 is 12.4 Å². The first kappa shape index (κ1) is 15.7. The Hall–Kier alpha value is -2.17. The third kappa shape index (κ3) is 3.14. The lowest BCUT2D eigenvalue weighted by atomic mass is 10.1. The molecule has 2 aromatic carbocycles. The summed E-state index contributed by atoms with van der Waals surface area (Å²) in [5.41, 5.74) is 2.06. The van der Waals surface area contributed by atoms with Crippen LogP contribution in [0.15, 0.2) is 54.6 Å². The van der Waals surface area contributed by atoms with Crippen molar-refractivity contribution >= 4 is 29.1 Å². The van der Waals surface area contributed by atoms with E-state index in [1.165, 1.54) is 0 Å². The van der Waals surface area contributed by atoms with Gasteiger partial charge in [0.25, 0.3) is 0 Å². The molecule has 1 fully saturated rings. The fourth-order valence-electron chi connectivity index (χ4n) is 2.89. The number of nitrogens with zero attached hydrogens (tertiary/aromatic N) is 3. The van der Waals surface area contributed by atoms with E-state index in [1.807, 2.05) is 24.3 Å². The number of rotatable bonds is 2. The predicted octanol–water partition coefficient (Wildman–Crippen LogP) is 3.13. The van der Waals surface area contributed by atoms with Crippen molar-refractivity contribution in [3.63, 3.8) is 0 Å². The molecular formula is C18H19ClN4. The first-order valence-electron chi connectivity index (χ1n) is 7.70. The van der Waals surface area contributed by atoms with Gasteiger partial charge in [-0.1, -0.05) is 42.5 Å². The van der Waals surface area contributed by atoms with Crippen molar-refractivity contribution in [3.05, 3.63) is 54.6 Å². The number of piperazine rings is 1. The second-order valence-electron chi connectivity index (χ2n) is 5.49. The molecule has 4 rings (SSSR count). The summed E-state index contributed by atoms with van der Waals surface area (Å²) in [6.07, 6.45) is 0. The minimum Gasteiger partial charge on any atom is -0.353 e. The molecule has 0 amide bonds. The molecule has 1 N–H and O–H groups in total. The normalized spacial score (nSPS) is 14.5. The number of aromatic nitrogens is 2. The van der Waals surface area contributed by atoms with Crippen molar-refractivity contribution in [2.45, 2.75) is 0 Å². The zero-order chi connectivity index (χ0) is 14.8. The van der Waals surface area contributed by atoms with Crippen molar-refractivity contribution in [2.75, 3.05) is 31.1 Å². The van der Waals surface area contributed by atoms with E-state index in [-0.39, 0.29) is 12.4 Å². The molecule has 1 saturated heterocycles. The number of hydrogen-bond acceptors (Lipinski definition) is 4. The van der Waals surface area contributed by atoms with Crippen LogP contribution in [0.4, 0.5) is 5.82 Å². The standard InChI is InChI=1S/C18H18N4.ClH/c1-2-6-14(7-3-1)17-20-16-9-5-4-8-15(16)18(21-17)22-12-10-19-11-13-22;/h1-9,19H,10-13H2;1H. The van der Waals surface area contributed by atoms with Gasteiger partial charge < -0.3 is 10.2 Å². The number of hydrogen-bond donors (Lipinski definition) is 1. The van der Waals surface area contributed by atoms with Gasteiger partial charge >= 0.3 is 0 Å². The second-order valence-corrected chi connectivity index (χ2v) is 5.49. The number of halogens is 1. The zero-order valence-corrected chi connectivity index (χ0v) is 13.6. The first-order valence-corrected chi connectivity index (χ1v) is 7.70. The van der Waals surface area contributed by atoms with Gasteiger partial charge in [-0.05, 0) is 12.1 Å². The molecule has 0 aliphatic carbocycles. The van der Waals surface area contributed by atoms with Crippen LogP contribution in [0.1, 0.15) is 0 Å². The summed E-state index contributed by atoms with van der Waals surface area (Å²) in [5.74, 6) is 1.85. The summed E-state index contributed by atoms with van der Waals surface area (Å²) in [6, 6.07) is 18.5. The van der Waals surface area contributed by atoms with Gasteiger partial charge in [-0.25, -0.2) is 9.97 Å². The average Bonchev–Trinajstić information content (AvgIpc) is 2.62. The molecule has 0 unspecified atom stereocenters. The highest BCUT2D eigenvalue weighted by molar-refractivity contribution is 5.91. The van der Waals surface area contributed by atoms with Crippen molar-refractivity contribution in [1.29, 1.82) is 0 Å². The van der Waals surface area contributed by atoms with E-state index < -0.39 is 0 Å². The summed E-state index contributed by atoms with van der Waals surface area (Å²) in [7, 11) is 0. The van der Waals surface area contributed by atoms with Crippen LogP contribution in [-0.2, 0) is 0 Å². The molecule has 0 atom stereocenters. The Balaban J connectivity index is 0.00000156. The topological polar surface area (TPSA) is 41.1 Å². The average molecular weight is 327 g/mol. The van der Waals surface area contributed by atoms with Gasteiger partial charge in [0.15, 0.2) is 5.82 Å². The van der Waals surface area contributed by atoms with Crippen LogP contribution in [0.2, 0.25) is 0 Å². The summed E-state index contributed by atoms with van der Waals surface area (Å²) >= 11 is 0. The van der Waals surface area contributed by atoms with Gasteiger partial charge in [0.05, 0.1) is 5.52 Å². The number of para-hydroxylation sites is 1. The SMILES string of the molecule is Cl.c1ccc(-c2nc(N3CCNCC3)c3ccccc3n2)cc1. The van der Waals surface area contributed by atoms with Crippen molar-refractivity contribution in [1.82, 2.24) is 15.3 Å². The van der Waals surface area contributed by atoms with Gasteiger partial charge in [0, 0.05) is 37.1 Å². The number of anilines is 1. The molecule has 4 nitrogen and oxygen atoms in total. The van der Waals surface area contributed by atoms with E-state index in [9.17, 15) is 0 Å². The van der Waals surface area contributed by atoms with Crippen LogP contribution in [0.3, 0.4) is 0 Å². The van der Waals surface area contributed by atoms with E-state index in [0.29, 0.717) is 0 Å². The van der Waals surface area contributed by atoms with Gasteiger partial charge in [0.1, 0.15) is 5.82 Å². The van der Waals surface area contributed by atoms with Crippen molar-refractivity contribution in [3.8, 4) is 11.4 Å². The minimum atomic E-state index is 0. The zero-order valence-electron chi connectivity index (χ0n) is 12.8. The maximum atomic E-state index is 4.88. The minimum absolute atomic E-state index is 0. The molecule has 0 bridgehead atoms. The molecule has 3 aromatic rings. The Morgan fingerprint density at radius 2 is 1.52 bits per heavy atom. The van der Waals surface area contributed by atoms with Crippen molar-refractivity contribution < 1.29 is 0 Å². The second kappa shape index (κ2) is 6.94. The third-order valence-electron chi connectivity index (χ3n) is 4.03. The quantitative estimate of drug-likeness (QED) is 0.785. The fourth-order valence-corrected chi connectivity index (χ4v) is 2.89. The summed E-state index contributed by atoms with van der Waals surface area (Å²) < 4.78 is 0. The molecule has 0 radical (unpaired) electrons. The number of nitrogens with one attached hydrogen (secondary N) is 1. The monoisotopic (exact) mass is 326 g/mol. The largest absolute Gasteiger partial charge is 0.353 e. The molecular weight excluding hydrogens is 308 g/mol. The lowest BCUT2D eigenvalue weighted by Gasteiger charge is -2.29. The maximum absolute atomic E-state index is 4.88. The van der Waals surface area contributed by atoms with E-state index in [2.05, 4.69) is 40.5 Å². The summed E-state index contributed by atoms with van der Waals surface area (Å²) in [6.45, 7) is 3.96. The van der Waals surface area contributed by atoms with Gasteiger partial charge in [-0.2, -0.15) is 0 Å². The Morgan fingerprint density at radius 1 is 0.826 bits per heavy atom. The lowest BCUT2D eigenvalue weighted by molar-refractivity contribution is 0.586. The maximum Gasteiger partial charge on any atom is 0.162 e. The van der Waals surface area contributed by atoms with Crippen LogP contribution in [0.25, 0.3) is 22.3 Å². The third-order valence-corrected chi connectivity index (χ3v) is 4.03. The molecule has 23 heavy (non-hydrogen) atoms. The van der Waals surface area contributed by atoms with E-state index in [4.69, 9.17) is 9.97 Å². The number of benzene rings is 2. The lowest BCUT2D eigenvalue weighted by Crippen LogP contribution is -2.44. The first-order chi connectivity index (χ1) is 10.9. The summed E-state index contributed by atoms with van der Waals surface area (Å²) in [5, 5.41) is 4.52. The molecule has 1 aliphatic heterocycles. The van der Waals surface area contributed by atoms with Crippen molar-refractivity contribution in [2.24, 2.45) is 0 Å². The molecule has 118 valence electrons. The van der Waals surface area contributed by atoms with Gasteiger partial charge in [-0.15, -0.1) is 12.4 Å².